The molecule has 3 aromatic rings. The highest BCUT2D eigenvalue weighted by Crippen LogP contribution is 2.36. The molecular weight excluding hydrogens is 558 g/mol. The van der Waals surface area contributed by atoms with Crippen molar-refractivity contribution < 1.29 is 28.7 Å². The average Bonchev–Trinajstić information content (AvgIpc) is 3.36. The van der Waals surface area contributed by atoms with Crippen molar-refractivity contribution in [2.75, 3.05) is 24.6 Å². The number of nitrogens with one attached hydrogen (secondary N) is 1. The standard InChI is InChI=1S/C28H26ClN3O7S/c1-3-38-23(34)14-30-22(33)11-12-31-17(2)40-26(28(31)37)25-20-13-19(29)9-10-21(20)32(27(25)36)15-24(35)39-16-18-7-5-4-6-8-18/h4-10,13H,2-3,11-12,14-16H2,1H3,(H,30,33)/b26-25-. The van der Waals surface area contributed by atoms with E-state index in [1.54, 1.807) is 25.1 Å². The van der Waals surface area contributed by atoms with Crippen molar-refractivity contribution in [1.29, 1.82) is 0 Å². The molecule has 0 fully saturated rings. The van der Waals surface area contributed by atoms with Crippen LogP contribution < -0.4 is 25.0 Å². The van der Waals surface area contributed by atoms with Crippen LogP contribution in [0.2, 0.25) is 5.02 Å². The van der Waals surface area contributed by atoms with Gasteiger partial charge in [0.15, 0.2) is 0 Å². The summed E-state index contributed by atoms with van der Waals surface area (Å²) in [4.78, 5) is 64.5. The van der Waals surface area contributed by atoms with Crippen LogP contribution in [0, 0.1) is 0 Å². The van der Waals surface area contributed by atoms with E-state index in [1.807, 2.05) is 30.3 Å². The van der Waals surface area contributed by atoms with E-state index in [2.05, 4.69) is 11.9 Å². The second-order valence-electron chi connectivity index (χ2n) is 8.69. The number of rotatable bonds is 10. The number of aromatic nitrogens is 1. The number of thiazole rings is 1. The third-order valence-corrected chi connectivity index (χ3v) is 7.27. The number of halogens is 1. The SMILES string of the molecule is C=c1s/c(=C2\C(=O)N(CC(=O)OCc3ccccc3)c3ccc(Cl)cc32)c(=O)n1CCC(=O)NCC(=O)OCC. The number of esters is 2. The molecule has 2 amide bonds. The van der Waals surface area contributed by atoms with Crippen LogP contribution in [-0.2, 0) is 41.8 Å². The topological polar surface area (TPSA) is 124 Å². The lowest BCUT2D eigenvalue weighted by Gasteiger charge is -2.16. The Bertz CT molecular complexity index is 1630. The quantitative estimate of drug-likeness (QED) is 0.357. The van der Waals surface area contributed by atoms with Crippen LogP contribution >= 0.6 is 22.9 Å². The fourth-order valence-electron chi connectivity index (χ4n) is 4.11. The molecule has 1 aromatic heterocycles. The molecule has 208 valence electrons. The highest BCUT2D eigenvalue weighted by molar-refractivity contribution is 7.07. The lowest BCUT2D eigenvalue weighted by atomic mass is 10.1. The summed E-state index contributed by atoms with van der Waals surface area (Å²) in [5.74, 6) is -2.18. The van der Waals surface area contributed by atoms with E-state index < -0.39 is 29.3 Å². The highest BCUT2D eigenvalue weighted by atomic mass is 35.5. The first-order valence-corrected chi connectivity index (χ1v) is 13.6. The summed E-state index contributed by atoms with van der Waals surface area (Å²) in [5.41, 5.74) is 1.23. The smallest absolute Gasteiger partial charge is 0.326 e. The fraction of sp³-hybridized carbons (Fsp3) is 0.250. The van der Waals surface area contributed by atoms with Gasteiger partial charge in [-0.05, 0) is 30.7 Å². The maximum atomic E-state index is 13.6. The van der Waals surface area contributed by atoms with Crippen LogP contribution in [0.25, 0.3) is 12.2 Å². The van der Waals surface area contributed by atoms with Gasteiger partial charge in [-0.15, -0.1) is 11.3 Å². The Kier molecular flexibility index (Phi) is 9.18. The molecule has 1 aliphatic heterocycles. The Hall–Kier alpha value is -4.22. The highest BCUT2D eigenvalue weighted by Gasteiger charge is 2.36. The number of hydrogen-bond acceptors (Lipinski definition) is 8. The van der Waals surface area contributed by atoms with Crippen molar-refractivity contribution >= 4 is 64.5 Å². The molecule has 2 aromatic carbocycles. The molecule has 0 spiro atoms. The number of fused-ring (bicyclic) bond motifs is 1. The summed E-state index contributed by atoms with van der Waals surface area (Å²) < 4.78 is 11.9. The number of nitrogens with zero attached hydrogens (tertiary/aromatic N) is 2. The van der Waals surface area contributed by atoms with Gasteiger partial charge in [0.25, 0.3) is 11.5 Å². The number of carbonyl (C=O) groups excluding carboxylic acids is 4. The van der Waals surface area contributed by atoms with Crippen molar-refractivity contribution in [2.24, 2.45) is 0 Å². The fourth-order valence-corrected chi connectivity index (χ4v) is 5.30. The second-order valence-corrected chi connectivity index (χ2v) is 10.2. The predicted molar refractivity (Wildman–Crippen MR) is 150 cm³/mol. The maximum absolute atomic E-state index is 13.6. The monoisotopic (exact) mass is 583 g/mol. The van der Waals surface area contributed by atoms with Gasteiger partial charge in [0.2, 0.25) is 5.91 Å². The van der Waals surface area contributed by atoms with E-state index in [9.17, 15) is 24.0 Å². The van der Waals surface area contributed by atoms with E-state index in [1.165, 1.54) is 9.47 Å². The molecule has 0 aliphatic carbocycles. The molecule has 0 bridgehead atoms. The summed E-state index contributed by atoms with van der Waals surface area (Å²) in [5, 5.41) is 2.79. The van der Waals surface area contributed by atoms with Gasteiger partial charge < -0.3 is 14.8 Å². The van der Waals surface area contributed by atoms with Gasteiger partial charge >= 0.3 is 11.9 Å². The third kappa shape index (κ3) is 6.49. The van der Waals surface area contributed by atoms with Crippen LogP contribution in [0.15, 0.2) is 53.3 Å². The molecule has 0 saturated heterocycles. The lowest BCUT2D eigenvalue weighted by molar-refractivity contribution is -0.144. The van der Waals surface area contributed by atoms with Crippen molar-refractivity contribution in [1.82, 2.24) is 9.88 Å². The molecule has 12 heteroatoms. The van der Waals surface area contributed by atoms with Crippen LogP contribution in [-0.4, -0.2) is 48.0 Å². The minimum atomic E-state index is -0.616. The van der Waals surface area contributed by atoms with Gasteiger partial charge in [-0.25, -0.2) is 0 Å². The Labute approximate surface area is 238 Å². The summed E-state index contributed by atoms with van der Waals surface area (Å²) in [7, 11) is 0. The number of ether oxygens (including phenoxy) is 2. The van der Waals surface area contributed by atoms with Crippen molar-refractivity contribution in [3.05, 3.63) is 84.2 Å². The summed E-state index contributed by atoms with van der Waals surface area (Å²) in [6, 6.07) is 13.9. The van der Waals surface area contributed by atoms with Gasteiger partial charge in [0.1, 0.15) is 24.2 Å². The van der Waals surface area contributed by atoms with E-state index in [0.717, 1.165) is 16.9 Å². The molecule has 0 radical (unpaired) electrons. The summed E-state index contributed by atoms with van der Waals surface area (Å²) in [6.07, 6.45) is -0.0942. The van der Waals surface area contributed by atoms with Crippen molar-refractivity contribution in [3.8, 4) is 0 Å². The molecule has 10 nitrogen and oxygen atoms in total. The zero-order valence-electron chi connectivity index (χ0n) is 21.6. The molecule has 0 unspecified atom stereocenters. The van der Waals surface area contributed by atoms with E-state index in [-0.39, 0.29) is 49.4 Å². The van der Waals surface area contributed by atoms with Crippen molar-refractivity contribution in [3.63, 3.8) is 0 Å². The molecule has 40 heavy (non-hydrogen) atoms. The first-order valence-electron chi connectivity index (χ1n) is 12.4. The summed E-state index contributed by atoms with van der Waals surface area (Å²) in [6.45, 7) is 5.17. The minimum Gasteiger partial charge on any atom is -0.465 e. The molecule has 0 atom stereocenters. The van der Waals surface area contributed by atoms with E-state index >= 15 is 0 Å². The van der Waals surface area contributed by atoms with Gasteiger partial charge in [0.05, 0.1) is 22.5 Å². The Morgan fingerprint density at radius 1 is 1.05 bits per heavy atom. The predicted octanol–water partition coefficient (Wildman–Crippen LogP) is 1.33. The normalized spacial score (nSPS) is 13.7. The van der Waals surface area contributed by atoms with Gasteiger partial charge in [-0.2, -0.15) is 0 Å². The first kappa shape index (κ1) is 28.8. The summed E-state index contributed by atoms with van der Waals surface area (Å²) >= 11 is 7.23. The number of anilines is 1. The molecule has 1 N–H and O–H groups in total. The van der Waals surface area contributed by atoms with Crippen LogP contribution in [0.1, 0.15) is 24.5 Å². The molecule has 2 heterocycles. The average molecular weight is 584 g/mol. The van der Waals surface area contributed by atoms with Crippen molar-refractivity contribution in [2.45, 2.75) is 26.5 Å². The van der Waals surface area contributed by atoms with E-state index in [4.69, 9.17) is 21.1 Å². The van der Waals surface area contributed by atoms with Gasteiger partial charge in [-0.1, -0.05) is 48.5 Å². The minimum absolute atomic E-state index is 0.0117. The third-order valence-electron chi connectivity index (χ3n) is 5.99. The lowest BCUT2D eigenvalue weighted by Crippen LogP contribution is -2.38. The number of amides is 2. The number of benzene rings is 2. The Balaban J connectivity index is 1.57. The Morgan fingerprint density at radius 3 is 2.52 bits per heavy atom. The second kappa shape index (κ2) is 12.8. The van der Waals surface area contributed by atoms with Gasteiger partial charge in [0, 0.05) is 23.6 Å². The van der Waals surface area contributed by atoms with E-state index in [0.29, 0.717) is 20.9 Å². The largest absolute Gasteiger partial charge is 0.465 e. The maximum Gasteiger partial charge on any atom is 0.326 e. The Morgan fingerprint density at radius 2 is 1.80 bits per heavy atom. The number of hydrogen-bond donors (Lipinski definition) is 1. The molecular formula is C28H26ClN3O7S. The van der Waals surface area contributed by atoms with Crippen LogP contribution in [0.4, 0.5) is 5.69 Å². The zero-order chi connectivity index (χ0) is 28.8. The van der Waals surface area contributed by atoms with Crippen LogP contribution in [0.5, 0.6) is 0 Å². The first-order chi connectivity index (χ1) is 19.2. The molecule has 1 aliphatic rings. The molecule has 0 saturated carbocycles. The van der Waals surface area contributed by atoms with Crippen LogP contribution in [0.3, 0.4) is 0 Å². The van der Waals surface area contributed by atoms with Gasteiger partial charge in [-0.3, -0.25) is 33.4 Å². The zero-order valence-corrected chi connectivity index (χ0v) is 23.2. The number of carbonyl (C=O) groups is 4. The molecule has 4 rings (SSSR count).